The van der Waals surface area contributed by atoms with Crippen LogP contribution in [0.15, 0.2) is 0 Å². The Labute approximate surface area is 122 Å². The summed E-state index contributed by atoms with van der Waals surface area (Å²) in [5, 5.41) is 3.63. The summed E-state index contributed by atoms with van der Waals surface area (Å²) in [6.45, 7) is 1.72. The molecular formula is C15H27NO3S. The van der Waals surface area contributed by atoms with Crippen molar-refractivity contribution < 1.29 is 13.2 Å². The smallest absolute Gasteiger partial charge is 0.150 e. The van der Waals surface area contributed by atoms with E-state index in [1.807, 2.05) is 0 Å². The van der Waals surface area contributed by atoms with Gasteiger partial charge in [0.2, 0.25) is 0 Å². The zero-order chi connectivity index (χ0) is 14.1. The second kappa shape index (κ2) is 5.93. The van der Waals surface area contributed by atoms with Crippen molar-refractivity contribution in [2.24, 2.45) is 5.92 Å². The highest BCUT2D eigenvalue weighted by Gasteiger charge is 2.38. The second-order valence-corrected chi connectivity index (χ2v) is 9.19. The molecule has 2 aliphatic heterocycles. The van der Waals surface area contributed by atoms with Gasteiger partial charge in [-0.15, -0.1) is 0 Å². The van der Waals surface area contributed by atoms with E-state index in [1.54, 1.807) is 0 Å². The van der Waals surface area contributed by atoms with E-state index in [1.165, 1.54) is 32.1 Å². The fourth-order valence-electron chi connectivity index (χ4n) is 4.11. The zero-order valence-corrected chi connectivity index (χ0v) is 13.1. The maximum Gasteiger partial charge on any atom is 0.150 e. The van der Waals surface area contributed by atoms with Crippen molar-refractivity contribution in [3.63, 3.8) is 0 Å². The summed E-state index contributed by atoms with van der Waals surface area (Å²) in [7, 11) is -2.74. The lowest BCUT2D eigenvalue weighted by Gasteiger charge is -2.44. The van der Waals surface area contributed by atoms with Crippen LogP contribution in [0, 0.1) is 5.92 Å². The molecule has 3 aliphatic rings. The molecule has 20 heavy (non-hydrogen) atoms. The van der Waals surface area contributed by atoms with Crippen LogP contribution in [0.1, 0.15) is 51.4 Å². The first-order chi connectivity index (χ1) is 9.57. The molecule has 1 saturated carbocycles. The minimum Gasteiger partial charge on any atom is -0.375 e. The van der Waals surface area contributed by atoms with Gasteiger partial charge in [0, 0.05) is 12.6 Å². The van der Waals surface area contributed by atoms with Crippen molar-refractivity contribution in [1.82, 2.24) is 5.32 Å². The van der Waals surface area contributed by atoms with Crippen LogP contribution in [0.4, 0.5) is 0 Å². The summed E-state index contributed by atoms with van der Waals surface area (Å²) >= 11 is 0. The van der Waals surface area contributed by atoms with Crippen molar-refractivity contribution in [2.75, 3.05) is 24.7 Å². The molecule has 2 heterocycles. The third kappa shape index (κ3) is 3.55. The number of hydrogen-bond acceptors (Lipinski definition) is 4. The van der Waals surface area contributed by atoms with Gasteiger partial charge in [0.1, 0.15) is 0 Å². The molecule has 0 amide bonds. The first-order valence-corrected chi connectivity index (χ1v) is 9.97. The van der Waals surface area contributed by atoms with Gasteiger partial charge in [-0.3, -0.25) is 0 Å². The van der Waals surface area contributed by atoms with Gasteiger partial charge in [-0.1, -0.05) is 19.3 Å². The van der Waals surface area contributed by atoms with Crippen LogP contribution >= 0.6 is 0 Å². The van der Waals surface area contributed by atoms with Gasteiger partial charge in [-0.25, -0.2) is 8.42 Å². The van der Waals surface area contributed by atoms with Gasteiger partial charge < -0.3 is 10.1 Å². The topological polar surface area (TPSA) is 55.4 Å². The van der Waals surface area contributed by atoms with Crippen LogP contribution in [0.2, 0.25) is 0 Å². The monoisotopic (exact) mass is 301 g/mol. The maximum atomic E-state index is 11.5. The average Bonchev–Trinajstić information content (AvgIpc) is 2.77. The van der Waals surface area contributed by atoms with Crippen molar-refractivity contribution in [3.05, 3.63) is 0 Å². The molecule has 0 bridgehead atoms. The van der Waals surface area contributed by atoms with E-state index in [0.717, 1.165) is 32.4 Å². The summed E-state index contributed by atoms with van der Waals surface area (Å²) < 4.78 is 29.1. The van der Waals surface area contributed by atoms with Crippen molar-refractivity contribution in [2.45, 2.75) is 63.0 Å². The molecule has 2 saturated heterocycles. The standard InChI is InChI=1S/C15H27NO3S/c17-20(18)9-5-13(12-20)11-16-14-4-8-19-15(10-14)6-2-1-3-7-15/h13-14,16H,1-12H2. The number of nitrogens with one attached hydrogen (secondary N) is 1. The lowest BCUT2D eigenvalue weighted by atomic mass is 9.78. The maximum absolute atomic E-state index is 11.5. The highest BCUT2D eigenvalue weighted by molar-refractivity contribution is 7.91. The Morgan fingerprint density at radius 3 is 2.65 bits per heavy atom. The third-order valence-electron chi connectivity index (χ3n) is 5.28. The quantitative estimate of drug-likeness (QED) is 0.865. The predicted octanol–water partition coefficient (Wildman–Crippen LogP) is 1.89. The minimum absolute atomic E-state index is 0.135. The molecule has 2 atom stereocenters. The minimum atomic E-state index is -2.74. The summed E-state index contributed by atoms with van der Waals surface area (Å²) in [5.74, 6) is 1.09. The molecule has 0 radical (unpaired) electrons. The summed E-state index contributed by atoms with van der Waals surface area (Å²) in [6, 6.07) is 0.519. The first kappa shape index (κ1) is 14.8. The van der Waals surface area contributed by atoms with Crippen LogP contribution in [0.5, 0.6) is 0 Å². The number of ether oxygens (including phenoxy) is 1. The van der Waals surface area contributed by atoms with Gasteiger partial charge >= 0.3 is 0 Å². The average molecular weight is 301 g/mol. The Hall–Kier alpha value is -0.130. The largest absolute Gasteiger partial charge is 0.375 e. The molecule has 0 aromatic carbocycles. The molecule has 0 aromatic heterocycles. The first-order valence-electron chi connectivity index (χ1n) is 8.15. The molecule has 3 rings (SSSR count). The second-order valence-electron chi connectivity index (χ2n) is 6.96. The molecular weight excluding hydrogens is 274 g/mol. The van der Waals surface area contributed by atoms with E-state index in [4.69, 9.17) is 4.74 Å². The fourth-order valence-corrected chi connectivity index (χ4v) is 5.97. The van der Waals surface area contributed by atoms with E-state index in [9.17, 15) is 8.42 Å². The van der Waals surface area contributed by atoms with E-state index in [0.29, 0.717) is 23.5 Å². The fraction of sp³-hybridized carbons (Fsp3) is 1.00. The van der Waals surface area contributed by atoms with Crippen LogP contribution in [0.3, 0.4) is 0 Å². The SMILES string of the molecule is O=S1(=O)CCC(CNC2CCOC3(CCCCC3)C2)C1. The van der Waals surface area contributed by atoms with Crippen molar-refractivity contribution in [1.29, 1.82) is 0 Å². The molecule has 1 N–H and O–H groups in total. The van der Waals surface area contributed by atoms with E-state index >= 15 is 0 Å². The molecule has 1 spiro atoms. The normalized spacial score (nSPS) is 36.2. The summed E-state index contributed by atoms with van der Waals surface area (Å²) in [5.41, 5.74) is 0.135. The Balaban J connectivity index is 1.48. The molecule has 3 fully saturated rings. The molecule has 0 aromatic rings. The van der Waals surface area contributed by atoms with Crippen LogP contribution in [-0.4, -0.2) is 44.7 Å². The van der Waals surface area contributed by atoms with Crippen LogP contribution in [-0.2, 0) is 14.6 Å². The van der Waals surface area contributed by atoms with E-state index in [2.05, 4.69) is 5.32 Å². The van der Waals surface area contributed by atoms with Gasteiger partial charge in [0.15, 0.2) is 9.84 Å². The summed E-state index contributed by atoms with van der Waals surface area (Å²) in [4.78, 5) is 0. The predicted molar refractivity (Wildman–Crippen MR) is 79.6 cm³/mol. The molecule has 2 unspecified atom stereocenters. The van der Waals surface area contributed by atoms with Gasteiger partial charge in [0.25, 0.3) is 0 Å². The molecule has 5 heteroatoms. The van der Waals surface area contributed by atoms with Crippen molar-refractivity contribution >= 4 is 9.84 Å². The highest BCUT2D eigenvalue weighted by atomic mass is 32.2. The van der Waals surface area contributed by atoms with Crippen molar-refractivity contribution in [3.8, 4) is 0 Å². The highest BCUT2D eigenvalue weighted by Crippen LogP contribution is 2.38. The molecule has 4 nitrogen and oxygen atoms in total. The van der Waals surface area contributed by atoms with Gasteiger partial charge in [0.05, 0.1) is 17.1 Å². The van der Waals surface area contributed by atoms with Crippen LogP contribution in [0.25, 0.3) is 0 Å². The lowest BCUT2D eigenvalue weighted by molar-refractivity contribution is -0.109. The summed E-state index contributed by atoms with van der Waals surface area (Å²) in [6.07, 6.45) is 9.40. The molecule has 1 aliphatic carbocycles. The molecule has 116 valence electrons. The Kier molecular flexibility index (Phi) is 4.39. The third-order valence-corrected chi connectivity index (χ3v) is 7.12. The number of rotatable bonds is 3. The van der Waals surface area contributed by atoms with Gasteiger partial charge in [-0.2, -0.15) is 0 Å². The zero-order valence-electron chi connectivity index (χ0n) is 12.3. The van der Waals surface area contributed by atoms with Gasteiger partial charge in [-0.05, 0) is 44.6 Å². The van der Waals surface area contributed by atoms with E-state index in [-0.39, 0.29) is 5.60 Å². The van der Waals surface area contributed by atoms with Crippen LogP contribution < -0.4 is 5.32 Å². The Morgan fingerprint density at radius 1 is 1.15 bits per heavy atom. The number of sulfone groups is 1. The lowest BCUT2D eigenvalue weighted by Crippen LogP contribution is -2.48. The Morgan fingerprint density at radius 2 is 1.95 bits per heavy atom. The number of hydrogen-bond donors (Lipinski definition) is 1. The Bertz CT molecular complexity index is 423. The van der Waals surface area contributed by atoms with E-state index < -0.39 is 9.84 Å².